The number of hydrogen-bond acceptors (Lipinski definition) is 4. The lowest BCUT2D eigenvalue weighted by Crippen LogP contribution is -2.24. The Morgan fingerprint density at radius 1 is 1.10 bits per heavy atom. The average Bonchev–Trinajstić information content (AvgIpc) is 2.47. The number of esters is 1. The van der Waals surface area contributed by atoms with Crippen LogP contribution in [0.5, 0.6) is 11.5 Å². The third-order valence-corrected chi connectivity index (χ3v) is 3.58. The van der Waals surface area contributed by atoms with E-state index >= 15 is 0 Å². The van der Waals surface area contributed by atoms with Crippen LogP contribution < -0.4 is 4.74 Å². The molecule has 0 unspecified atom stereocenters. The highest BCUT2D eigenvalue weighted by Gasteiger charge is 2.30. The lowest BCUT2D eigenvalue weighted by atomic mass is 9.98. The fourth-order valence-corrected chi connectivity index (χ4v) is 2.44. The van der Waals surface area contributed by atoms with E-state index in [0.717, 1.165) is 4.47 Å². The first-order valence-corrected chi connectivity index (χ1v) is 6.91. The van der Waals surface area contributed by atoms with Crippen LogP contribution >= 0.6 is 15.9 Å². The van der Waals surface area contributed by atoms with Crippen molar-refractivity contribution in [2.45, 2.75) is 0 Å². The standard InChI is InChI=1S/C16H9BrO4/c17-10-5-6-13(18)9(7-10)8-12-15(19)11-3-1-2-4-14(11)21-16(12)20/h1-8,18H/b12-8+. The van der Waals surface area contributed by atoms with Gasteiger partial charge in [-0.05, 0) is 36.4 Å². The van der Waals surface area contributed by atoms with Crippen molar-refractivity contribution >= 4 is 33.8 Å². The number of para-hydroxylation sites is 1. The molecule has 0 radical (unpaired) electrons. The van der Waals surface area contributed by atoms with Crippen molar-refractivity contribution in [3.63, 3.8) is 0 Å². The number of phenolic OH excluding ortho intramolecular Hbond substituents is 1. The van der Waals surface area contributed by atoms with Crippen LogP contribution in [0.4, 0.5) is 0 Å². The molecule has 1 N–H and O–H groups in total. The Labute approximate surface area is 128 Å². The molecule has 0 bridgehead atoms. The number of Topliss-reactive ketones (excluding diaryl/α,β-unsaturated/α-hetero) is 1. The zero-order chi connectivity index (χ0) is 15.0. The second kappa shape index (κ2) is 5.18. The molecule has 0 spiro atoms. The highest BCUT2D eigenvalue weighted by Crippen LogP contribution is 2.30. The number of carbonyl (C=O) groups is 2. The van der Waals surface area contributed by atoms with Gasteiger partial charge in [0, 0.05) is 10.0 Å². The summed E-state index contributed by atoms with van der Waals surface area (Å²) in [5, 5.41) is 9.80. The topological polar surface area (TPSA) is 63.6 Å². The number of rotatable bonds is 1. The predicted octanol–water partition coefficient (Wildman–Crippen LogP) is 3.34. The Morgan fingerprint density at radius 2 is 1.86 bits per heavy atom. The number of benzene rings is 2. The van der Waals surface area contributed by atoms with Crippen LogP contribution in [0.3, 0.4) is 0 Å². The SMILES string of the molecule is O=C1Oc2ccccc2C(=O)/C1=C\c1cc(Br)ccc1O. The van der Waals surface area contributed by atoms with Crippen molar-refractivity contribution in [2.75, 3.05) is 0 Å². The molecule has 104 valence electrons. The zero-order valence-electron chi connectivity index (χ0n) is 10.7. The van der Waals surface area contributed by atoms with Crippen LogP contribution in [0.25, 0.3) is 6.08 Å². The summed E-state index contributed by atoms with van der Waals surface area (Å²) in [6.07, 6.45) is 1.33. The Hall–Kier alpha value is -2.40. The number of halogens is 1. The number of carbonyl (C=O) groups excluding carboxylic acids is 2. The molecule has 1 heterocycles. The fraction of sp³-hybridized carbons (Fsp3) is 0. The van der Waals surface area contributed by atoms with Crippen molar-refractivity contribution in [2.24, 2.45) is 0 Å². The highest BCUT2D eigenvalue weighted by atomic mass is 79.9. The van der Waals surface area contributed by atoms with Gasteiger partial charge in [0.2, 0.25) is 5.78 Å². The summed E-state index contributed by atoms with van der Waals surface area (Å²) in [5.74, 6) is -0.910. The van der Waals surface area contributed by atoms with Crippen molar-refractivity contribution in [3.05, 3.63) is 63.6 Å². The third-order valence-electron chi connectivity index (χ3n) is 3.09. The van der Waals surface area contributed by atoms with E-state index in [0.29, 0.717) is 11.1 Å². The van der Waals surface area contributed by atoms with E-state index in [4.69, 9.17) is 4.74 Å². The Kier molecular flexibility index (Phi) is 3.35. The first-order valence-electron chi connectivity index (χ1n) is 6.12. The third kappa shape index (κ3) is 2.48. The van der Waals surface area contributed by atoms with Gasteiger partial charge in [0.25, 0.3) is 0 Å². The van der Waals surface area contributed by atoms with Crippen molar-refractivity contribution in [1.82, 2.24) is 0 Å². The summed E-state index contributed by atoms with van der Waals surface area (Å²) >= 11 is 3.28. The number of aromatic hydroxyl groups is 1. The quantitative estimate of drug-likeness (QED) is 0.373. The van der Waals surface area contributed by atoms with Gasteiger partial charge in [-0.2, -0.15) is 0 Å². The van der Waals surface area contributed by atoms with Gasteiger partial charge in [-0.25, -0.2) is 4.79 Å². The van der Waals surface area contributed by atoms with Crippen LogP contribution in [0.1, 0.15) is 15.9 Å². The molecule has 0 aromatic heterocycles. The van der Waals surface area contributed by atoms with Crippen molar-refractivity contribution in [1.29, 1.82) is 0 Å². The van der Waals surface area contributed by atoms with Gasteiger partial charge in [0.1, 0.15) is 17.1 Å². The predicted molar refractivity (Wildman–Crippen MR) is 80.2 cm³/mol. The summed E-state index contributed by atoms with van der Waals surface area (Å²) < 4.78 is 5.86. The van der Waals surface area contributed by atoms with Crippen molar-refractivity contribution in [3.8, 4) is 11.5 Å². The van der Waals surface area contributed by atoms with Crippen LogP contribution in [-0.2, 0) is 4.79 Å². The normalized spacial score (nSPS) is 15.8. The van der Waals surface area contributed by atoms with Gasteiger partial charge in [-0.15, -0.1) is 0 Å². The molecule has 3 rings (SSSR count). The van der Waals surface area contributed by atoms with Crippen LogP contribution in [0, 0.1) is 0 Å². The number of hydrogen-bond donors (Lipinski definition) is 1. The monoisotopic (exact) mass is 344 g/mol. The second-order valence-corrected chi connectivity index (χ2v) is 5.39. The minimum Gasteiger partial charge on any atom is -0.507 e. The largest absolute Gasteiger partial charge is 0.507 e. The van der Waals surface area contributed by atoms with Gasteiger partial charge in [-0.3, -0.25) is 4.79 Å². The van der Waals surface area contributed by atoms with E-state index in [1.807, 2.05) is 0 Å². The minimum absolute atomic E-state index is 0.0230. The number of ether oxygens (including phenoxy) is 1. The maximum atomic E-state index is 12.4. The molecule has 5 heteroatoms. The number of ketones is 1. The van der Waals surface area contributed by atoms with Crippen LogP contribution in [-0.4, -0.2) is 16.9 Å². The maximum Gasteiger partial charge on any atom is 0.347 e. The van der Waals surface area contributed by atoms with Crippen LogP contribution in [0.15, 0.2) is 52.5 Å². The second-order valence-electron chi connectivity index (χ2n) is 4.48. The summed E-state index contributed by atoms with van der Waals surface area (Å²) in [4.78, 5) is 24.3. The highest BCUT2D eigenvalue weighted by molar-refractivity contribution is 9.10. The van der Waals surface area contributed by atoms with Gasteiger partial charge >= 0.3 is 5.97 Å². The Bertz CT molecular complexity index is 793. The smallest absolute Gasteiger partial charge is 0.347 e. The fourth-order valence-electron chi connectivity index (χ4n) is 2.06. The molecule has 0 saturated heterocycles. The number of phenols is 1. The summed E-state index contributed by atoms with van der Waals surface area (Å²) in [7, 11) is 0. The molecule has 21 heavy (non-hydrogen) atoms. The molecule has 0 saturated carbocycles. The zero-order valence-corrected chi connectivity index (χ0v) is 12.3. The summed E-state index contributed by atoms with van der Waals surface area (Å²) in [5.41, 5.74) is 0.587. The molecule has 0 atom stereocenters. The van der Waals surface area contributed by atoms with E-state index in [-0.39, 0.29) is 17.1 Å². The van der Waals surface area contributed by atoms with E-state index in [2.05, 4.69) is 15.9 Å². The summed E-state index contributed by atoms with van der Waals surface area (Å²) in [6, 6.07) is 11.3. The number of fused-ring (bicyclic) bond motifs is 1. The molecule has 0 amide bonds. The molecular weight excluding hydrogens is 336 g/mol. The average molecular weight is 345 g/mol. The molecule has 2 aromatic carbocycles. The molecular formula is C16H9BrO4. The van der Waals surface area contributed by atoms with Gasteiger partial charge in [-0.1, -0.05) is 28.1 Å². The van der Waals surface area contributed by atoms with Crippen molar-refractivity contribution < 1.29 is 19.4 Å². The Balaban J connectivity index is 2.11. The van der Waals surface area contributed by atoms with E-state index in [9.17, 15) is 14.7 Å². The first kappa shape index (κ1) is 13.6. The molecule has 1 aliphatic rings. The van der Waals surface area contributed by atoms with Crippen LogP contribution in [0.2, 0.25) is 0 Å². The molecule has 1 aliphatic heterocycles. The molecule has 0 aliphatic carbocycles. The van der Waals surface area contributed by atoms with Gasteiger partial charge < -0.3 is 9.84 Å². The lowest BCUT2D eigenvalue weighted by Gasteiger charge is -2.16. The maximum absolute atomic E-state index is 12.4. The summed E-state index contributed by atoms with van der Waals surface area (Å²) in [6.45, 7) is 0. The minimum atomic E-state index is -0.724. The van der Waals surface area contributed by atoms with E-state index in [1.54, 1.807) is 36.4 Å². The van der Waals surface area contributed by atoms with E-state index in [1.165, 1.54) is 12.1 Å². The first-order chi connectivity index (χ1) is 10.1. The molecule has 2 aromatic rings. The molecule has 0 fully saturated rings. The van der Waals surface area contributed by atoms with Gasteiger partial charge in [0.15, 0.2) is 0 Å². The van der Waals surface area contributed by atoms with Gasteiger partial charge in [0.05, 0.1) is 5.56 Å². The van der Waals surface area contributed by atoms with E-state index < -0.39 is 11.8 Å². The molecule has 4 nitrogen and oxygen atoms in total. The lowest BCUT2D eigenvalue weighted by molar-refractivity contribution is -0.130. The Morgan fingerprint density at radius 3 is 2.67 bits per heavy atom.